The average Bonchev–Trinajstić information content (AvgIpc) is 3.04. The van der Waals surface area contributed by atoms with Crippen LogP contribution in [-0.2, 0) is 13.6 Å². The lowest BCUT2D eigenvalue weighted by atomic mass is 10.1. The molecule has 5 heteroatoms. The smallest absolute Gasteiger partial charge is 0.0967 e. The predicted molar refractivity (Wildman–Crippen MR) is 60.8 cm³/mol. The zero-order valence-electron chi connectivity index (χ0n) is 9.76. The van der Waals surface area contributed by atoms with Crippen LogP contribution in [0.25, 0.3) is 0 Å². The molecule has 1 atom stereocenters. The molecule has 0 bridgehead atoms. The second kappa shape index (κ2) is 4.14. The Hall–Kier alpha value is -0.940. The van der Waals surface area contributed by atoms with E-state index in [-0.39, 0.29) is 0 Å². The van der Waals surface area contributed by atoms with Crippen molar-refractivity contribution in [3.63, 3.8) is 0 Å². The van der Waals surface area contributed by atoms with E-state index < -0.39 is 0 Å². The predicted octanol–water partition coefficient (Wildman–Crippen LogP) is -0.00110. The van der Waals surface area contributed by atoms with Crippen LogP contribution in [0.1, 0.15) is 18.5 Å². The fourth-order valence-corrected chi connectivity index (χ4v) is 2.59. The number of rotatable bonds is 3. The Morgan fingerprint density at radius 2 is 2.38 bits per heavy atom. The molecule has 1 saturated carbocycles. The minimum absolute atomic E-state index is 0.718. The van der Waals surface area contributed by atoms with Crippen molar-refractivity contribution in [3.05, 3.63) is 11.9 Å². The first-order valence-corrected chi connectivity index (χ1v) is 6.13. The second-order valence-corrected chi connectivity index (χ2v) is 4.96. The number of hydrogen-bond donors (Lipinski definition) is 1. The summed E-state index contributed by atoms with van der Waals surface area (Å²) in [5.41, 5.74) is 1.09. The summed E-state index contributed by atoms with van der Waals surface area (Å²) in [7, 11) is 1.92. The van der Waals surface area contributed by atoms with Gasteiger partial charge in [-0.2, -0.15) is 0 Å². The fraction of sp³-hybridized carbons (Fsp3) is 0.818. The van der Waals surface area contributed by atoms with Crippen LogP contribution in [-0.4, -0.2) is 45.6 Å². The van der Waals surface area contributed by atoms with Crippen LogP contribution in [0.5, 0.6) is 0 Å². The van der Waals surface area contributed by atoms with Crippen LogP contribution in [0.4, 0.5) is 0 Å². The minimum Gasteiger partial charge on any atom is -0.314 e. The van der Waals surface area contributed by atoms with Gasteiger partial charge in [0.2, 0.25) is 0 Å². The van der Waals surface area contributed by atoms with E-state index in [9.17, 15) is 0 Å². The van der Waals surface area contributed by atoms with Crippen LogP contribution in [0.3, 0.4) is 0 Å². The van der Waals surface area contributed by atoms with Crippen LogP contribution >= 0.6 is 0 Å². The van der Waals surface area contributed by atoms with Crippen molar-refractivity contribution in [2.75, 3.05) is 19.6 Å². The SMILES string of the molecule is Cn1cc(CN2CCNCC2C2CC2)nn1. The van der Waals surface area contributed by atoms with E-state index in [4.69, 9.17) is 0 Å². The molecule has 1 saturated heterocycles. The van der Waals surface area contributed by atoms with Crippen molar-refractivity contribution >= 4 is 0 Å². The highest BCUT2D eigenvalue weighted by Crippen LogP contribution is 2.36. The third-order valence-electron chi connectivity index (χ3n) is 3.58. The van der Waals surface area contributed by atoms with Gasteiger partial charge in [-0.05, 0) is 18.8 Å². The first-order chi connectivity index (χ1) is 7.83. The molecule has 0 radical (unpaired) electrons. The Morgan fingerprint density at radius 1 is 1.50 bits per heavy atom. The van der Waals surface area contributed by atoms with Crippen molar-refractivity contribution in [1.29, 1.82) is 0 Å². The van der Waals surface area contributed by atoms with Crippen LogP contribution in [0.2, 0.25) is 0 Å². The van der Waals surface area contributed by atoms with E-state index in [1.807, 2.05) is 13.2 Å². The van der Waals surface area contributed by atoms with Gasteiger partial charge in [0.15, 0.2) is 0 Å². The number of nitrogens with zero attached hydrogens (tertiary/aromatic N) is 4. The van der Waals surface area contributed by atoms with Gasteiger partial charge in [-0.1, -0.05) is 5.21 Å². The van der Waals surface area contributed by atoms with Crippen LogP contribution in [0, 0.1) is 5.92 Å². The van der Waals surface area contributed by atoms with E-state index in [1.54, 1.807) is 4.68 Å². The zero-order valence-corrected chi connectivity index (χ0v) is 9.76. The molecule has 2 heterocycles. The Balaban J connectivity index is 1.67. The summed E-state index contributed by atoms with van der Waals surface area (Å²) in [5.74, 6) is 0.921. The normalized spacial score (nSPS) is 27.2. The molecule has 1 aromatic rings. The molecule has 2 aliphatic rings. The first kappa shape index (κ1) is 10.2. The lowest BCUT2D eigenvalue weighted by molar-refractivity contribution is 0.134. The summed E-state index contributed by atoms with van der Waals surface area (Å²) >= 11 is 0. The summed E-state index contributed by atoms with van der Waals surface area (Å²) in [6.07, 6.45) is 4.83. The number of piperazine rings is 1. The van der Waals surface area contributed by atoms with E-state index in [1.165, 1.54) is 12.8 Å². The molecule has 3 rings (SSSR count). The number of nitrogens with one attached hydrogen (secondary N) is 1. The van der Waals surface area contributed by atoms with Crippen molar-refractivity contribution in [2.45, 2.75) is 25.4 Å². The summed E-state index contributed by atoms with van der Waals surface area (Å²) < 4.78 is 1.78. The van der Waals surface area contributed by atoms with Gasteiger partial charge in [0.05, 0.1) is 5.69 Å². The van der Waals surface area contributed by atoms with Crippen molar-refractivity contribution in [2.24, 2.45) is 13.0 Å². The number of aryl methyl sites for hydroxylation is 1. The minimum atomic E-state index is 0.718. The Bertz CT molecular complexity index is 357. The van der Waals surface area contributed by atoms with Crippen LogP contribution in [0.15, 0.2) is 6.20 Å². The standard InChI is InChI=1S/C11H19N5/c1-15-7-10(13-14-15)8-16-5-4-12-6-11(16)9-2-3-9/h7,9,11-12H,2-6,8H2,1H3. The summed E-state index contributed by atoms with van der Waals surface area (Å²) in [4.78, 5) is 2.57. The second-order valence-electron chi connectivity index (χ2n) is 4.96. The average molecular weight is 221 g/mol. The molecule has 1 N–H and O–H groups in total. The quantitative estimate of drug-likeness (QED) is 0.780. The highest BCUT2D eigenvalue weighted by Gasteiger charge is 2.36. The monoisotopic (exact) mass is 221 g/mol. The van der Waals surface area contributed by atoms with Gasteiger partial charge in [-0.25, -0.2) is 0 Å². The Kier molecular flexibility index (Phi) is 2.65. The van der Waals surface area contributed by atoms with Gasteiger partial charge >= 0.3 is 0 Å². The van der Waals surface area contributed by atoms with Gasteiger partial charge in [0.25, 0.3) is 0 Å². The molecule has 16 heavy (non-hydrogen) atoms. The fourth-order valence-electron chi connectivity index (χ4n) is 2.59. The third-order valence-corrected chi connectivity index (χ3v) is 3.58. The van der Waals surface area contributed by atoms with Crippen LogP contribution < -0.4 is 5.32 Å². The maximum absolute atomic E-state index is 4.17. The molecule has 5 nitrogen and oxygen atoms in total. The lowest BCUT2D eigenvalue weighted by Crippen LogP contribution is -2.51. The molecule has 2 fully saturated rings. The molecular formula is C11H19N5. The molecular weight excluding hydrogens is 202 g/mol. The summed E-state index contributed by atoms with van der Waals surface area (Å²) in [5, 5.41) is 11.7. The molecule has 0 aromatic carbocycles. The summed E-state index contributed by atoms with van der Waals surface area (Å²) in [6.45, 7) is 4.34. The van der Waals surface area contributed by atoms with Gasteiger partial charge in [-0.15, -0.1) is 5.10 Å². The topological polar surface area (TPSA) is 46.0 Å². The number of aromatic nitrogens is 3. The maximum atomic E-state index is 4.17. The molecule has 0 amide bonds. The highest BCUT2D eigenvalue weighted by molar-refractivity contribution is 4.97. The van der Waals surface area contributed by atoms with Gasteiger partial charge in [0, 0.05) is 45.5 Å². The van der Waals surface area contributed by atoms with Crippen molar-refractivity contribution in [3.8, 4) is 0 Å². The summed E-state index contributed by atoms with van der Waals surface area (Å²) in [6, 6.07) is 0.718. The first-order valence-electron chi connectivity index (χ1n) is 6.13. The van der Waals surface area contributed by atoms with E-state index in [0.29, 0.717) is 0 Å². The van der Waals surface area contributed by atoms with Crippen molar-refractivity contribution < 1.29 is 0 Å². The molecule has 88 valence electrons. The molecule has 1 aliphatic carbocycles. The Labute approximate surface area is 95.8 Å². The van der Waals surface area contributed by atoms with Crippen molar-refractivity contribution in [1.82, 2.24) is 25.2 Å². The van der Waals surface area contributed by atoms with Gasteiger partial charge in [-0.3, -0.25) is 9.58 Å². The van der Waals surface area contributed by atoms with E-state index in [2.05, 4.69) is 20.5 Å². The highest BCUT2D eigenvalue weighted by atomic mass is 15.4. The molecule has 1 unspecified atom stereocenters. The lowest BCUT2D eigenvalue weighted by Gasteiger charge is -2.35. The molecule has 0 spiro atoms. The zero-order chi connectivity index (χ0) is 11.0. The van der Waals surface area contributed by atoms with Gasteiger partial charge < -0.3 is 5.32 Å². The number of hydrogen-bond acceptors (Lipinski definition) is 4. The van der Waals surface area contributed by atoms with Gasteiger partial charge in [0.1, 0.15) is 0 Å². The largest absolute Gasteiger partial charge is 0.314 e. The third kappa shape index (κ3) is 2.10. The Morgan fingerprint density at radius 3 is 3.06 bits per heavy atom. The van der Waals surface area contributed by atoms with E-state index >= 15 is 0 Å². The maximum Gasteiger partial charge on any atom is 0.0967 e. The van der Waals surface area contributed by atoms with E-state index in [0.717, 1.165) is 43.8 Å². The molecule has 1 aromatic heterocycles. The molecule has 1 aliphatic heterocycles.